The van der Waals surface area contributed by atoms with Crippen LogP contribution >= 0.6 is 0 Å². The first-order valence-electron chi connectivity index (χ1n) is 9.13. The number of alkyl halides is 3. The Kier molecular flexibility index (Phi) is 4.96. The predicted molar refractivity (Wildman–Crippen MR) is 102 cm³/mol. The van der Waals surface area contributed by atoms with Crippen LogP contribution in [0.2, 0.25) is 0 Å². The molecule has 1 amide bonds. The first kappa shape index (κ1) is 19.0. The van der Waals surface area contributed by atoms with Crippen molar-refractivity contribution in [3.8, 4) is 11.6 Å². The Hall–Kier alpha value is -3.35. The second-order valence-electron chi connectivity index (χ2n) is 6.67. The van der Waals surface area contributed by atoms with E-state index in [1.54, 1.807) is 17.0 Å². The summed E-state index contributed by atoms with van der Waals surface area (Å²) in [6.07, 6.45) is -1.34. The van der Waals surface area contributed by atoms with Crippen LogP contribution in [0.5, 0.6) is 11.6 Å². The standard InChI is InChI=1S/C22H17F3N2O2/c23-22(24,25)16-8-3-9-17(14-16)29-20-18(10-4-12-26-20)21(28)27-13-5-7-15-6-1-2-11-19(15)27/h1-4,6,8-12,14H,5,7,13H2. The number of fused-ring (bicyclic) bond motifs is 1. The minimum Gasteiger partial charge on any atom is -0.438 e. The summed E-state index contributed by atoms with van der Waals surface area (Å²) >= 11 is 0. The van der Waals surface area contributed by atoms with Crippen LogP contribution in [-0.4, -0.2) is 17.4 Å². The molecule has 0 radical (unpaired) electrons. The van der Waals surface area contributed by atoms with E-state index in [0.29, 0.717) is 6.54 Å². The van der Waals surface area contributed by atoms with Crippen molar-refractivity contribution in [2.45, 2.75) is 19.0 Å². The number of rotatable bonds is 3. The fourth-order valence-corrected chi connectivity index (χ4v) is 3.37. The van der Waals surface area contributed by atoms with Crippen LogP contribution in [0.15, 0.2) is 66.9 Å². The number of para-hydroxylation sites is 1. The summed E-state index contributed by atoms with van der Waals surface area (Å²) < 4.78 is 44.5. The minimum absolute atomic E-state index is 0.0279. The SMILES string of the molecule is O=C(c1cccnc1Oc1cccc(C(F)(F)F)c1)N1CCCc2ccccc21. The molecule has 0 saturated carbocycles. The molecule has 2 aromatic carbocycles. The second-order valence-corrected chi connectivity index (χ2v) is 6.67. The number of benzene rings is 2. The molecule has 0 atom stereocenters. The molecule has 3 aromatic rings. The van der Waals surface area contributed by atoms with Crippen molar-refractivity contribution < 1.29 is 22.7 Å². The number of aryl methyl sites for hydroxylation is 1. The average molecular weight is 398 g/mol. The van der Waals surface area contributed by atoms with E-state index in [-0.39, 0.29) is 23.1 Å². The summed E-state index contributed by atoms with van der Waals surface area (Å²) in [6.45, 7) is 0.549. The Bertz CT molecular complexity index is 1050. The largest absolute Gasteiger partial charge is 0.438 e. The van der Waals surface area contributed by atoms with Gasteiger partial charge in [-0.15, -0.1) is 0 Å². The fourth-order valence-electron chi connectivity index (χ4n) is 3.37. The molecule has 4 nitrogen and oxygen atoms in total. The summed E-state index contributed by atoms with van der Waals surface area (Å²) in [7, 11) is 0. The Morgan fingerprint density at radius 1 is 1.03 bits per heavy atom. The predicted octanol–water partition coefficient (Wildman–Crippen LogP) is 5.49. The van der Waals surface area contributed by atoms with E-state index in [0.717, 1.165) is 36.2 Å². The topological polar surface area (TPSA) is 42.4 Å². The van der Waals surface area contributed by atoms with Gasteiger partial charge in [-0.3, -0.25) is 4.79 Å². The van der Waals surface area contributed by atoms with Crippen LogP contribution in [0.4, 0.5) is 18.9 Å². The summed E-state index contributed by atoms with van der Waals surface area (Å²) in [6, 6.07) is 15.3. The Balaban J connectivity index is 1.66. The number of carbonyl (C=O) groups excluding carboxylic acids is 1. The summed E-state index contributed by atoms with van der Waals surface area (Å²) in [5, 5.41) is 0. The van der Waals surface area contributed by atoms with Gasteiger partial charge in [0.2, 0.25) is 5.88 Å². The molecule has 2 heterocycles. The molecule has 1 aromatic heterocycles. The van der Waals surface area contributed by atoms with Crippen LogP contribution < -0.4 is 9.64 Å². The van der Waals surface area contributed by atoms with Crippen molar-refractivity contribution in [3.05, 3.63) is 83.6 Å². The van der Waals surface area contributed by atoms with Crippen molar-refractivity contribution in [1.82, 2.24) is 4.98 Å². The van der Waals surface area contributed by atoms with E-state index < -0.39 is 11.7 Å². The van der Waals surface area contributed by atoms with Crippen molar-refractivity contribution in [3.63, 3.8) is 0 Å². The van der Waals surface area contributed by atoms with Crippen LogP contribution in [0.3, 0.4) is 0 Å². The van der Waals surface area contributed by atoms with Gasteiger partial charge in [0.05, 0.1) is 5.56 Å². The van der Waals surface area contributed by atoms with Crippen molar-refractivity contribution in [2.75, 3.05) is 11.4 Å². The Morgan fingerprint density at radius 3 is 2.69 bits per heavy atom. The van der Waals surface area contributed by atoms with Crippen molar-refractivity contribution in [2.24, 2.45) is 0 Å². The highest BCUT2D eigenvalue weighted by Gasteiger charge is 2.31. The van der Waals surface area contributed by atoms with Crippen LogP contribution in [-0.2, 0) is 12.6 Å². The van der Waals surface area contributed by atoms with Crippen LogP contribution in [0.25, 0.3) is 0 Å². The Morgan fingerprint density at radius 2 is 1.86 bits per heavy atom. The van der Waals surface area contributed by atoms with E-state index in [2.05, 4.69) is 4.98 Å². The molecular weight excluding hydrogens is 381 g/mol. The molecule has 148 valence electrons. The molecule has 0 spiro atoms. The third kappa shape index (κ3) is 3.94. The van der Waals surface area contributed by atoms with Gasteiger partial charge in [0.25, 0.3) is 5.91 Å². The number of halogens is 3. The first-order chi connectivity index (χ1) is 13.9. The number of pyridine rings is 1. The van der Waals surface area contributed by atoms with Gasteiger partial charge in [-0.2, -0.15) is 13.2 Å². The Labute approximate surface area is 165 Å². The van der Waals surface area contributed by atoms with Gasteiger partial charge in [-0.05, 0) is 54.8 Å². The van der Waals surface area contributed by atoms with Gasteiger partial charge in [0.1, 0.15) is 11.3 Å². The molecule has 29 heavy (non-hydrogen) atoms. The number of hydrogen-bond acceptors (Lipinski definition) is 3. The molecule has 1 aliphatic rings. The number of ether oxygens (including phenoxy) is 1. The summed E-state index contributed by atoms with van der Waals surface area (Å²) in [5.41, 5.74) is 1.28. The van der Waals surface area contributed by atoms with Crippen molar-refractivity contribution >= 4 is 11.6 Å². The number of anilines is 1. The highest BCUT2D eigenvalue weighted by atomic mass is 19.4. The van der Waals surface area contributed by atoms with E-state index in [4.69, 9.17) is 4.74 Å². The smallest absolute Gasteiger partial charge is 0.416 e. The van der Waals surface area contributed by atoms with Gasteiger partial charge < -0.3 is 9.64 Å². The third-order valence-corrected chi connectivity index (χ3v) is 4.73. The van der Waals surface area contributed by atoms with E-state index in [1.165, 1.54) is 18.3 Å². The lowest BCUT2D eigenvalue weighted by atomic mass is 10.0. The molecule has 0 saturated heterocycles. The zero-order chi connectivity index (χ0) is 20.4. The maximum atomic E-state index is 13.2. The van der Waals surface area contributed by atoms with Gasteiger partial charge in [0.15, 0.2) is 0 Å². The average Bonchev–Trinajstić information content (AvgIpc) is 2.73. The van der Waals surface area contributed by atoms with Gasteiger partial charge in [-0.25, -0.2) is 4.98 Å². The monoisotopic (exact) mass is 398 g/mol. The molecule has 0 fully saturated rings. The number of nitrogens with zero attached hydrogens (tertiary/aromatic N) is 2. The second kappa shape index (κ2) is 7.58. The summed E-state index contributed by atoms with van der Waals surface area (Å²) in [5.74, 6) is -0.362. The van der Waals surface area contributed by atoms with Crippen molar-refractivity contribution in [1.29, 1.82) is 0 Å². The maximum Gasteiger partial charge on any atom is 0.416 e. The van der Waals surface area contributed by atoms with Crippen LogP contribution in [0, 0.1) is 0 Å². The number of hydrogen-bond donors (Lipinski definition) is 0. The van der Waals surface area contributed by atoms with Crippen LogP contribution in [0.1, 0.15) is 27.9 Å². The normalized spacial score (nSPS) is 13.7. The zero-order valence-corrected chi connectivity index (χ0v) is 15.3. The molecule has 0 bridgehead atoms. The lowest BCUT2D eigenvalue weighted by Crippen LogP contribution is -2.35. The zero-order valence-electron chi connectivity index (χ0n) is 15.3. The minimum atomic E-state index is -4.49. The highest BCUT2D eigenvalue weighted by molar-refractivity contribution is 6.08. The highest BCUT2D eigenvalue weighted by Crippen LogP contribution is 2.34. The molecule has 1 aliphatic heterocycles. The number of amides is 1. The third-order valence-electron chi connectivity index (χ3n) is 4.73. The van der Waals surface area contributed by atoms with Gasteiger partial charge in [0, 0.05) is 18.4 Å². The molecule has 0 unspecified atom stereocenters. The van der Waals surface area contributed by atoms with Gasteiger partial charge >= 0.3 is 6.18 Å². The first-order valence-corrected chi connectivity index (χ1v) is 9.13. The lowest BCUT2D eigenvalue weighted by Gasteiger charge is -2.29. The van der Waals surface area contributed by atoms with E-state index in [1.807, 2.05) is 24.3 Å². The molecular formula is C22H17F3N2O2. The molecule has 7 heteroatoms. The maximum absolute atomic E-state index is 13.2. The molecule has 0 aliphatic carbocycles. The molecule has 4 rings (SSSR count). The number of aromatic nitrogens is 1. The van der Waals surface area contributed by atoms with Gasteiger partial charge in [-0.1, -0.05) is 24.3 Å². The molecule has 0 N–H and O–H groups in total. The van der Waals surface area contributed by atoms with E-state index in [9.17, 15) is 18.0 Å². The summed E-state index contributed by atoms with van der Waals surface area (Å²) in [4.78, 5) is 19.0. The van der Waals surface area contributed by atoms with E-state index >= 15 is 0 Å². The quantitative estimate of drug-likeness (QED) is 0.586. The fraction of sp³-hybridized carbons (Fsp3) is 0.182. The number of carbonyl (C=O) groups is 1. The lowest BCUT2D eigenvalue weighted by molar-refractivity contribution is -0.137.